The van der Waals surface area contributed by atoms with Crippen LogP contribution in [0.1, 0.15) is 26.3 Å². The van der Waals surface area contributed by atoms with Crippen LogP contribution in [0.2, 0.25) is 0 Å². The minimum Gasteiger partial charge on any atom is -0.465 e. The van der Waals surface area contributed by atoms with Gasteiger partial charge in [0.1, 0.15) is 5.82 Å². The summed E-state index contributed by atoms with van der Waals surface area (Å²) in [6, 6.07) is 6.31. The smallest absolute Gasteiger partial charge is 0.416 e. The number of ether oxygens (including phenoxy) is 1. The Hall–Kier alpha value is -3.14. The summed E-state index contributed by atoms with van der Waals surface area (Å²) in [4.78, 5) is 28.2. The van der Waals surface area contributed by atoms with Crippen LogP contribution in [-0.4, -0.2) is 57.1 Å². The zero-order valence-corrected chi connectivity index (χ0v) is 16.9. The van der Waals surface area contributed by atoms with Crippen LogP contribution in [0.5, 0.6) is 0 Å². The fraction of sp³-hybridized carbons (Fsp3) is 0.333. The minimum absolute atomic E-state index is 0.0626. The maximum Gasteiger partial charge on any atom is 0.416 e. The molecule has 0 spiro atoms. The molecule has 1 aliphatic rings. The predicted molar refractivity (Wildman–Crippen MR) is 107 cm³/mol. The molecule has 1 amide bonds. The lowest BCUT2D eigenvalue weighted by molar-refractivity contribution is -0.137. The van der Waals surface area contributed by atoms with Gasteiger partial charge in [-0.25, -0.2) is 9.18 Å². The summed E-state index contributed by atoms with van der Waals surface area (Å²) in [5.41, 5.74) is -1.46. The standard InChI is InChI=1S/C21H21F4N3O3/c1-27-5-7-28(8-6-27)18-4-3-13(11-17(18)22)19(29)26-16-10-14(20(30)31-2)9-15(12-16)21(23,24)25/h3-4,9-12H,5-8H2,1-2H3,(H,26,29). The van der Waals surface area contributed by atoms with E-state index in [1.54, 1.807) is 0 Å². The molecule has 10 heteroatoms. The Bertz CT molecular complexity index is 986. The van der Waals surface area contributed by atoms with Crippen molar-refractivity contribution in [3.63, 3.8) is 0 Å². The second-order valence-electron chi connectivity index (χ2n) is 7.20. The molecule has 31 heavy (non-hydrogen) atoms. The molecule has 1 N–H and O–H groups in total. The van der Waals surface area contributed by atoms with Crippen molar-refractivity contribution in [3.05, 3.63) is 58.9 Å². The Morgan fingerprint density at radius 1 is 1.00 bits per heavy atom. The SMILES string of the molecule is COC(=O)c1cc(NC(=O)c2ccc(N3CCN(C)CC3)c(F)c2)cc(C(F)(F)F)c1. The van der Waals surface area contributed by atoms with Gasteiger partial charge in [0, 0.05) is 37.4 Å². The number of methoxy groups -OCH3 is 1. The number of benzene rings is 2. The third kappa shape index (κ3) is 5.32. The lowest BCUT2D eigenvalue weighted by Gasteiger charge is -2.34. The number of likely N-dealkylation sites (N-methyl/N-ethyl adjacent to an activating group) is 1. The van der Waals surface area contributed by atoms with E-state index in [9.17, 15) is 27.2 Å². The maximum absolute atomic E-state index is 14.6. The Balaban J connectivity index is 1.82. The van der Waals surface area contributed by atoms with Gasteiger partial charge in [0.2, 0.25) is 0 Å². The summed E-state index contributed by atoms with van der Waals surface area (Å²) in [5, 5.41) is 2.29. The molecule has 0 aliphatic carbocycles. The first-order chi connectivity index (χ1) is 14.6. The zero-order valence-electron chi connectivity index (χ0n) is 16.9. The summed E-state index contributed by atoms with van der Waals surface area (Å²) < 4.78 is 58.5. The van der Waals surface area contributed by atoms with E-state index >= 15 is 0 Å². The van der Waals surface area contributed by atoms with Gasteiger partial charge in [-0.05, 0) is 43.4 Å². The highest BCUT2D eigenvalue weighted by Crippen LogP contribution is 2.32. The van der Waals surface area contributed by atoms with E-state index in [4.69, 9.17) is 0 Å². The molecule has 2 aromatic carbocycles. The van der Waals surface area contributed by atoms with Gasteiger partial charge in [0.05, 0.1) is 23.9 Å². The molecule has 6 nitrogen and oxygen atoms in total. The molecule has 3 rings (SSSR count). The molecule has 1 heterocycles. The molecule has 0 aromatic heterocycles. The Morgan fingerprint density at radius 2 is 1.68 bits per heavy atom. The number of rotatable bonds is 4. The molecule has 0 saturated carbocycles. The fourth-order valence-corrected chi connectivity index (χ4v) is 3.25. The van der Waals surface area contributed by atoms with Gasteiger partial charge in [-0.2, -0.15) is 13.2 Å². The lowest BCUT2D eigenvalue weighted by atomic mass is 10.1. The van der Waals surface area contributed by atoms with Crippen molar-refractivity contribution in [2.75, 3.05) is 50.6 Å². The van der Waals surface area contributed by atoms with E-state index in [0.29, 0.717) is 30.9 Å². The number of hydrogen-bond donors (Lipinski definition) is 1. The quantitative estimate of drug-likeness (QED) is 0.582. The van der Waals surface area contributed by atoms with E-state index in [0.717, 1.165) is 32.3 Å². The second kappa shape index (κ2) is 8.93. The third-order valence-corrected chi connectivity index (χ3v) is 4.99. The van der Waals surface area contributed by atoms with Gasteiger partial charge in [0.15, 0.2) is 0 Å². The van der Waals surface area contributed by atoms with Crippen LogP contribution in [0, 0.1) is 5.82 Å². The highest BCUT2D eigenvalue weighted by Gasteiger charge is 2.32. The normalized spacial score (nSPS) is 15.0. The summed E-state index contributed by atoms with van der Waals surface area (Å²) in [7, 11) is 3.01. The second-order valence-corrected chi connectivity index (χ2v) is 7.20. The number of nitrogens with zero attached hydrogens (tertiary/aromatic N) is 2. The number of amides is 1. The largest absolute Gasteiger partial charge is 0.465 e. The first-order valence-corrected chi connectivity index (χ1v) is 9.43. The van der Waals surface area contributed by atoms with Crippen LogP contribution < -0.4 is 10.2 Å². The monoisotopic (exact) mass is 439 g/mol. The fourth-order valence-electron chi connectivity index (χ4n) is 3.25. The maximum atomic E-state index is 14.6. The number of halogens is 4. The first-order valence-electron chi connectivity index (χ1n) is 9.43. The summed E-state index contributed by atoms with van der Waals surface area (Å²) in [6.07, 6.45) is -4.74. The molecule has 1 saturated heterocycles. The number of alkyl halides is 3. The van der Waals surface area contributed by atoms with Crippen molar-refractivity contribution < 1.29 is 31.9 Å². The average Bonchev–Trinajstić information content (AvgIpc) is 2.73. The molecule has 0 bridgehead atoms. The number of anilines is 2. The molecular formula is C21H21F4N3O3. The van der Waals surface area contributed by atoms with E-state index in [-0.39, 0.29) is 16.8 Å². The van der Waals surface area contributed by atoms with Gasteiger partial charge in [-0.15, -0.1) is 0 Å². The molecular weight excluding hydrogens is 418 g/mol. The minimum atomic E-state index is -4.74. The van der Waals surface area contributed by atoms with Crippen molar-refractivity contribution in [1.29, 1.82) is 0 Å². The van der Waals surface area contributed by atoms with E-state index in [1.807, 2.05) is 11.9 Å². The summed E-state index contributed by atoms with van der Waals surface area (Å²) >= 11 is 0. The zero-order chi connectivity index (χ0) is 22.8. The van der Waals surface area contributed by atoms with Gasteiger partial charge in [0.25, 0.3) is 5.91 Å². The molecule has 0 unspecified atom stereocenters. The van der Waals surface area contributed by atoms with Gasteiger partial charge in [-0.1, -0.05) is 0 Å². The van der Waals surface area contributed by atoms with Crippen LogP contribution in [-0.2, 0) is 10.9 Å². The van der Waals surface area contributed by atoms with Gasteiger partial charge >= 0.3 is 12.1 Å². The Morgan fingerprint density at radius 3 is 2.26 bits per heavy atom. The van der Waals surface area contributed by atoms with Gasteiger partial charge < -0.3 is 19.9 Å². The van der Waals surface area contributed by atoms with Crippen LogP contribution in [0.3, 0.4) is 0 Å². The van der Waals surface area contributed by atoms with Crippen LogP contribution in [0.15, 0.2) is 36.4 Å². The molecule has 1 aliphatic heterocycles. The van der Waals surface area contributed by atoms with Gasteiger partial charge in [-0.3, -0.25) is 4.79 Å². The van der Waals surface area contributed by atoms with Crippen molar-refractivity contribution in [2.24, 2.45) is 0 Å². The Labute approximate surface area is 176 Å². The molecule has 1 fully saturated rings. The van der Waals surface area contributed by atoms with Crippen LogP contribution in [0.4, 0.5) is 28.9 Å². The number of carbonyl (C=O) groups is 2. The van der Waals surface area contributed by atoms with Crippen molar-refractivity contribution >= 4 is 23.3 Å². The number of carbonyl (C=O) groups excluding carboxylic acids is 2. The highest BCUT2D eigenvalue weighted by molar-refractivity contribution is 6.05. The summed E-state index contributed by atoms with van der Waals surface area (Å²) in [5.74, 6) is -2.39. The number of esters is 1. The molecule has 0 radical (unpaired) electrons. The molecule has 166 valence electrons. The highest BCUT2D eigenvalue weighted by atomic mass is 19.4. The van der Waals surface area contributed by atoms with Crippen LogP contribution >= 0.6 is 0 Å². The predicted octanol–water partition coefficient (Wildman–Crippen LogP) is 3.64. The summed E-state index contributed by atoms with van der Waals surface area (Å²) in [6.45, 7) is 2.83. The average molecular weight is 439 g/mol. The van der Waals surface area contributed by atoms with Crippen molar-refractivity contribution in [3.8, 4) is 0 Å². The van der Waals surface area contributed by atoms with Crippen molar-refractivity contribution in [2.45, 2.75) is 6.18 Å². The van der Waals surface area contributed by atoms with Crippen molar-refractivity contribution in [1.82, 2.24) is 4.90 Å². The molecule has 0 atom stereocenters. The van der Waals surface area contributed by atoms with Crippen LogP contribution in [0.25, 0.3) is 0 Å². The lowest BCUT2D eigenvalue weighted by Crippen LogP contribution is -2.44. The Kier molecular flexibility index (Phi) is 6.49. The van der Waals surface area contributed by atoms with E-state index in [1.165, 1.54) is 12.1 Å². The molecule has 2 aromatic rings. The third-order valence-electron chi connectivity index (χ3n) is 4.99. The number of piperazine rings is 1. The number of nitrogens with one attached hydrogen (secondary N) is 1. The number of hydrogen-bond acceptors (Lipinski definition) is 5. The first kappa shape index (κ1) is 22.5. The topological polar surface area (TPSA) is 61.9 Å². The van der Waals surface area contributed by atoms with E-state index < -0.39 is 29.4 Å². The van der Waals surface area contributed by atoms with E-state index in [2.05, 4.69) is 15.0 Å².